The van der Waals surface area contributed by atoms with E-state index in [9.17, 15) is 43.2 Å². The lowest BCUT2D eigenvalue weighted by molar-refractivity contribution is -0.161. The molecular formula is C81H152O17P2. The smallest absolute Gasteiger partial charge is 0.462 e. The van der Waals surface area contributed by atoms with Gasteiger partial charge in [0.05, 0.1) is 26.4 Å². The quantitative estimate of drug-likeness (QED) is 0.0169. The van der Waals surface area contributed by atoms with Crippen LogP contribution in [-0.4, -0.2) is 96.7 Å². The summed E-state index contributed by atoms with van der Waals surface area (Å²) < 4.78 is 68.7. The summed E-state index contributed by atoms with van der Waals surface area (Å²) in [6, 6.07) is 0. The highest BCUT2D eigenvalue weighted by Gasteiger charge is 2.30. The van der Waals surface area contributed by atoms with Crippen molar-refractivity contribution in [1.29, 1.82) is 0 Å². The Kier molecular flexibility index (Phi) is 72.5. The van der Waals surface area contributed by atoms with Crippen LogP contribution < -0.4 is 0 Å². The molecule has 0 bridgehead atoms. The molecule has 3 N–H and O–H groups in total. The molecular weight excluding hydrogens is 1310 g/mol. The first-order valence-corrected chi connectivity index (χ1v) is 44.2. The molecule has 0 saturated carbocycles. The van der Waals surface area contributed by atoms with Gasteiger partial charge in [-0.1, -0.05) is 327 Å². The van der Waals surface area contributed by atoms with Crippen molar-refractivity contribution < 1.29 is 80.2 Å². The van der Waals surface area contributed by atoms with Crippen molar-refractivity contribution in [2.24, 2.45) is 0 Å². The van der Waals surface area contributed by atoms with Gasteiger partial charge in [0.25, 0.3) is 0 Å². The fourth-order valence-electron chi connectivity index (χ4n) is 11.8. The van der Waals surface area contributed by atoms with Crippen LogP contribution in [0.25, 0.3) is 0 Å². The van der Waals surface area contributed by atoms with E-state index in [4.69, 9.17) is 37.0 Å². The molecule has 0 aromatic carbocycles. The normalized spacial score (nSPS) is 14.0. The highest BCUT2D eigenvalue weighted by Crippen LogP contribution is 2.45. The third-order valence-electron chi connectivity index (χ3n) is 18.1. The maximum Gasteiger partial charge on any atom is 0.472 e. The second kappa shape index (κ2) is 74.5. The first kappa shape index (κ1) is 97.3. The first-order chi connectivity index (χ1) is 48.7. The third kappa shape index (κ3) is 73.6. The monoisotopic (exact) mass is 1460 g/mol. The van der Waals surface area contributed by atoms with E-state index in [0.717, 1.165) is 128 Å². The summed E-state index contributed by atoms with van der Waals surface area (Å²) in [5.74, 6) is -2.15. The summed E-state index contributed by atoms with van der Waals surface area (Å²) in [5.41, 5.74) is 0. The standard InChI is InChI=1S/C81H152O17P2/c1-5-9-13-17-21-25-29-33-36-37-40-44-48-52-56-60-64-68-81(86)98-76(71-91-78(83)65-61-57-53-49-45-41-32-28-24-20-16-12-8-4)73-95-99(87,88)93-69-75(82)70-94-100(89,90)96-74-77(97-80(85)67-63-59-55-51-47-43-39-35-31-27-23-19-15-11-7-3)72-92-79(84)66-62-58-54-50-46-42-38-34-30-26-22-18-14-10-6-2/h23,27,34-35,38-39,75-77,82H,5-22,24-26,28-33,36-37,40-74H2,1-4H3,(H,87,88)(H,89,90)/b27-23-,38-34-,39-35-/t75-,76+,77+/m0/s1. The number of rotatable bonds is 79. The lowest BCUT2D eigenvalue weighted by Gasteiger charge is -2.21. The van der Waals surface area contributed by atoms with Crippen molar-refractivity contribution in [3.8, 4) is 0 Å². The SMILES string of the molecule is CCCCC/C=C\C/C=C\CCCCCCCC(=O)O[C@H](COC(=O)CCCCCCC/C=C\CCCCCCCC)COP(=O)(O)OC[C@@H](O)COP(=O)(O)OC[C@@H](COC(=O)CCCCCCCCCCCCCCC)OC(=O)CCCCCCCCCCCCCCCCCCC. The molecule has 0 spiro atoms. The molecule has 0 rings (SSSR count). The van der Waals surface area contributed by atoms with Gasteiger partial charge in [0.2, 0.25) is 0 Å². The Balaban J connectivity index is 5.31. The summed E-state index contributed by atoms with van der Waals surface area (Å²) in [7, 11) is -9.94. The average Bonchev–Trinajstić information content (AvgIpc) is 0.947. The van der Waals surface area contributed by atoms with Gasteiger partial charge >= 0.3 is 39.5 Å². The Morgan fingerprint density at radius 2 is 0.490 bits per heavy atom. The van der Waals surface area contributed by atoms with Gasteiger partial charge in [-0.3, -0.25) is 37.3 Å². The number of hydrogen-bond donors (Lipinski definition) is 3. The molecule has 0 aliphatic rings. The molecule has 588 valence electrons. The highest BCUT2D eigenvalue weighted by atomic mass is 31.2. The zero-order valence-corrected chi connectivity index (χ0v) is 66.2. The van der Waals surface area contributed by atoms with E-state index in [1.165, 1.54) is 193 Å². The van der Waals surface area contributed by atoms with Crippen molar-refractivity contribution in [1.82, 2.24) is 0 Å². The minimum absolute atomic E-state index is 0.0835. The molecule has 0 aliphatic heterocycles. The number of hydrogen-bond acceptors (Lipinski definition) is 15. The van der Waals surface area contributed by atoms with Gasteiger partial charge in [-0.2, -0.15) is 0 Å². The number of aliphatic hydroxyl groups is 1. The molecule has 0 saturated heterocycles. The predicted molar refractivity (Wildman–Crippen MR) is 409 cm³/mol. The van der Waals surface area contributed by atoms with Crippen LogP contribution in [0.5, 0.6) is 0 Å². The zero-order valence-electron chi connectivity index (χ0n) is 64.4. The Hall–Kier alpha value is -2.72. The Morgan fingerprint density at radius 1 is 0.280 bits per heavy atom. The minimum atomic E-state index is -4.97. The highest BCUT2D eigenvalue weighted by molar-refractivity contribution is 7.47. The van der Waals surface area contributed by atoms with E-state index >= 15 is 0 Å². The number of carbonyl (C=O) groups excluding carboxylic acids is 4. The van der Waals surface area contributed by atoms with E-state index in [1.807, 2.05) is 0 Å². The van der Waals surface area contributed by atoms with Gasteiger partial charge in [-0.15, -0.1) is 0 Å². The molecule has 0 heterocycles. The van der Waals surface area contributed by atoms with Crippen LogP contribution in [0.15, 0.2) is 36.5 Å². The van der Waals surface area contributed by atoms with Crippen LogP contribution in [0.3, 0.4) is 0 Å². The number of carbonyl (C=O) groups is 4. The number of unbranched alkanes of at least 4 members (excludes halogenated alkanes) is 47. The van der Waals surface area contributed by atoms with Gasteiger partial charge in [-0.05, 0) is 83.5 Å². The third-order valence-corrected chi connectivity index (χ3v) is 20.0. The summed E-state index contributed by atoms with van der Waals surface area (Å²) in [6.45, 7) is 4.93. The van der Waals surface area contributed by atoms with E-state index < -0.39 is 97.5 Å². The van der Waals surface area contributed by atoms with Crippen molar-refractivity contribution in [3.63, 3.8) is 0 Å². The summed E-state index contributed by atoms with van der Waals surface area (Å²) in [5, 5.41) is 10.6. The Bertz CT molecular complexity index is 2040. The molecule has 100 heavy (non-hydrogen) atoms. The molecule has 2 unspecified atom stereocenters. The van der Waals surface area contributed by atoms with Crippen LogP contribution in [0.2, 0.25) is 0 Å². The molecule has 0 radical (unpaired) electrons. The number of ether oxygens (including phenoxy) is 4. The Morgan fingerprint density at radius 3 is 0.770 bits per heavy atom. The number of phosphoric ester groups is 2. The van der Waals surface area contributed by atoms with Gasteiger partial charge in [0, 0.05) is 25.7 Å². The van der Waals surface area contributed by atoms with Crippen LogP contribution in [-0.2, 0) is 65.4 Å². The summed E-state index contributed by atoms with van der Waals surface area (Å²) in [4.78, 5) is 73.0. The second-order valence-electron chi connectivity index (χ2n) is 28.1. The molecule has 0 fully saturated rings. The lowest BCUT2D eigenvalue weighted by Crippen LogP contribution is -2.30. The summed E-state index contributed by atoms with van der Waals surface area (Å²) in [6.07, 6.45) is 71.1. The fourth-order valence-corrected chi connectivity index (χ4v) is 13.4. The average molecular weight is 1460 g/mol. The lowest BCUT2D eigenvalue weighted by atomic mass is 10.0. The number of phosphoric acid groups is 2. The second-order valence-corrected chi connectivity index (χ2v) is 31.0. The van der Waals surface area contributed by atoms with E-state index in [-0.39, 0.29) is 25.7 Å². The van der Waals surface area contributed by atoms with Gasteiger partial charge in [0.15, 0.2) is 12.2 Å². The van der Waals surface area contributed by atoms with Crippen molar-refractivity contribution in [2.75, 3.05) is 39.6 Å². The molecule has 0 aliphatic carbocycles. The Labute approximate surface area is 611 Å². The number of esters is 4. The van der Waals surface area contributed by atoms with Crippen LogP contribution in [0.1, 0.15) is 400 Å². The first-order valence-electron chi connectivity index (χ1n) is 41.2. The van der Waals surface area contributed by atoms with Crippen LogP contribution in [0, 0.1) is 0 Å². The molecule has 0 aromatic rings. The van der Waals surface area contributed by atoms with Crippen molar-refractivity contribution >= 4 is 39.5 Å². The van der Waals surface area contributed by atoms with Gasteiger partial charge < -0.3 is 33.8 Å². The van der Waals surface area contributed by atoms with Crippen molar-refractivity contribution in [2.45, 2.75) is 418 Å². The van der Waals surface area contributed by atoms with Crippen LogP contribution >= 0.6 is 15.6 Å². The van der Waals surface area contributed by atoms with Gasteiger partial charge in [-0.25, -0.2) is 9.13 Å². The van der Waals surface area contributed by atoms with Gasteiger partial charge in [0.1, 0.15) is 19.3 Å². The fraction of sp³-hybridized carbons (Fsp3) is 0.877. The summed E-state index contributed by atoms with van der Waals surface area (Å²) >= 11 is 0. The molecule has 0 amide bonds. The maximum atomic E-state index is 13.1. The van der Waals surface area contributed by atoms with Crippen LogP contribution in [0.4, 0.5) is 0 Å². The molecule has 19 heteroatoms. The number of allylic oxidation sites excluding steroid dienone is 6. The molecule has 0 aromatic heterocycles. The topological polar surface area (TPSA) is 237 Å². The number of aliphatic hydroxyl groups excluding tert-OH is 1. The van der Waals surface area contributed by atoms with E-state index in [1.54, 1.807) is 0 Å². The predicted octanol–water partition coefficient (Wildman–Crippen LogP) is 23.9. The van der Waals surface area contributed by atoms with E-state index in [2.05, 4.69) is 64.2 Å². The molecule has 5 atom stereocenters. The van der Waals surface area contributed by atoms with Crippen molar-refractivity contribution in [3.05, 3.63) is 36.5 Å². The minimum Gasteiger partial charge on any atom is -0.462 e. The molecule has 17 nitrogen and oxygen atoms in total. The van der Waals surface area contributed by atoms with E-state index in [0.29, 0.717) is 25.7 Å². The zero-order chi connectivity index (χ0) is 73.2. The largest absolute Gasteiger partial charge is 0.472 e. The maximum absolute atomic E-state index is 13.1.